The standard InChI is InChI=1S/C22H20N6O3/c1-26-14-16(13-24-26)12-23-21(29)11-18-15-27(19-5-3-2-4-6-19)25-22(18)17-7-9-20(10-8-17)28(30)31/h2-10,13-15H,11-12H2,1H3,(H,23,29). The first-order valence-electron chi connectivity index (χ1n) is 9.62. The Morgan fingerprint density at radius 1 is 1.10 bits per heavy atom. The zero-order valence-electron chi connectivity index (χ0n) is 16.8. The summed E-state index contributed by atoms with van der Waals surface area (Å²) in [6.45, 7) is 0.381. The molecule has 2 heterocycles. The highest BCUT2D eigenvalue weighted by atomic mass is 16.6. The van der Waals surface area contributed by atoms with Gasteiger partial charge in [0.05, 0.1) is 28.9 Å². The van der Waals surface area contributed by atoms with Crippen molar-refractivity contribution in [1.29, 1.82) is 0 Å². The highest BCUT2D eigenvalue weighted by molar-refractivity contribution is 5.81. The first-order valence-corrected chi connectivity index (χ1v) is 9.62. The van der Waals surface area contributed by atoms with Gasteiger partial charge < -0.3 is 5.32 Å². The van der Waals surface area contributed by atoms with Crippen molar-refractivity contribution in [3.63, 3.8) is 0 Å². The number of carbonyl (C=O) groups is 1. The second kappa shape index (κ2) is 8.62. The fourth-order valence-corrected chi connectivity index (χ4v) is 3.24. The maximum absolute atomic E-state index is 12.6. The monoisotopic (exact) mass is 416 g/mol. The minimum atomic E-state index is -0.445. The number of nitrogens with zero attached hydrogens (tertiary/aromatic N) is 5. The third-order valence-electron chi connectivity index (χ3n) is 4.76. The van der Waals surface area contributed by atoms with Gasteiger partial charge in [-0.3, -0.25) is 19.6 Å². The molecule has 31 heavy (non-hydrogen) atoms. The molecule has 0 aliphatic heterocycles. The summed E-state index contributed by atoms with van der Waals surface area (Å²) in [7, 11) is 1.82. The van der Waals surface area contributed by atoms with Gasteiger partial charge in [-0.1, -0.05) is 18.2 Å². The van der Waals surface area contributed by atoms with Crippen LogP contribution in [0.5, 0.6) is 0 Å². The molecule has 4 rings (SSSR count). The van der Waals surface area contributed by atoms with Gasteiger partial charge in [0, 0.05) is 54.8 Å². The molecule has 1 N–H and O–H groups in total. The van der Waals surface area contributed by atoms with E-state index in [2.05, 4.69) is 15.5 Å². The molecule has 0 radical (unpaired) electrons. The molecule has 0 saturated heterocycles. The molecule has 0 bridgehead atoms. The molecular weight excluding hydrogens is 396 g/mol. The van der Waals surface area contributed by atoms with E-state index in [9.17, 15) is 14.9 Å². The molecule has 0 spiro atoms. The predicted octanol–water partition coefficient (Wildman–Crippen LogP) is 3.04. The molecule has 9 heteroatoms. The number of aryl methyl sites for hydroxylation is 1. The maximum atomic E-state index is 12.6. The molecule has 0 atom stereocenters. The summed E-state index contributed by atoms with van der Waals surface area (Å²) in [5.41, 5.74) is 3.80. The van der Waals surface area contributed by atoms with E-state index in [4.69, 9.17) is 0 Å². The second-order valence-electron chi connectivity index (χ2n) is 7.06. The van der Waals surface area contributed by atoms with Gasteiger partial charge in [-0.2, -0.15) is 10.2 Å². The molecule has 9 nitrogen and oxygen atoms in total. The van der Waals surface area contributed by atoms with Gasteiger partial charge in [0.2, 0.25) is 5.91 Å². The Labute approximate surface area is 178 Å². The van der Waals surface area contributed by atoms with Gasteiger partial charge in [-0.25, -0.2) is 4.68 Å². The second-order valence-corrected chi connectivity index (χ2v) is 7.06. The first kappa shape index (κ1) is 20.0. The number of nitrogens with one attached hydrogen (secondary N) is 1. The molecule has 156 valence electrons. The number of rotatable bonds is 7. The van der Waals surface area contributed by atoms with E-state index in [0.29, 0.717) is 17.8 Å². The lowest BCUT2D eigenvalue weighted by Crippen LogP contribution is -2.24. The van der Waals surface area contributed by atoms with Crippen LogP contribution < -0.4 is 5.32 Å². The maximum Gasteiger partial charge on any atom is 0.269 e. The Morgan fingerprint density at radius 2 is 1.84 bits per heavy atom. The van der Waals surface area contributed by atoms with Crippen LogP contribution in [0.3, 0.4) is 0 Å². The number of non-ortho nitro benzene ring substituents is 1. The van der Waals surface area contributed by atoms with Crippen LogP contribution >= 0.6 is 0 Å². The van der Waals surface area contributed by atoms with Crippen molar-refractivity contribution in [2.24, 2.45) is 7.05 Å². The van der Waals surface area contributed by atoms with Gasteiger partial charge in [0.25, 0.3) is 5.69 Å². The van der Waals surface area contributed by atoms with Crippen molar-refractivity contribution in [3.05, 3.63) is 94.4 Å². The SMILES string of the molecule is Cn1cc(CNC(=O)Cc2cn(-c3ccccc3)nc2-c2ccc([N+](=O)[O-])cc2)cn1. The summed E-state index contributed by atoms with van der Waals surface area (Å²) >= 11 is 0. The highest BCUT2D eigenvalue weighted by Gasteiger charge is 2.16. The molecule has 1 amide bonds. The number of amides is 1. The average molecular weight is 416 g/mol. The predicted molar refractivity (Wildman–Crippen MR) is 114 cm³/mol. The Bertz CT molecular complexity index is 1210. The van der Waals surface area contributed by atoms with Crippen LogP contribution in [0.25, 0.3) is 16.9 Å². The number of carbonyl (C=O) groups excluding carboxylic acids is 1. The Balaban J connectivity index is 1.60. The van der Waals surface area contributed by atoms with Crippen molar-refractivity contribution in [1.82, 2.24) is 24.9 Å². The van der Waals surface area contributed by atoms with Gasteiger partial charge in [-0.15, -0.1) is 0 Å². The van der Waals surface area contributed by atoms with E-state index < -0.39 is 4.92 Å². The Kier molecular flexibility index (Phi) is 5.57. The molecule has 2 aromatic carbocycles. The third-order valence-corrected chi connectivity index (χ3v) is 4.76. The zero-order chi connectivity index (χ0) is 21.8. The summed E-state index contributed by atoms with van der Waals surface area (Å²) < 4.78 is 3.39. The van der Waals surface area contributed by atoms with E-state index in [1.807, 2.05) is 49.8 Å². The number of para-hydroxylation sites is 1. The molecule has 0 aliphatic rings. The van der Waals surface area contributed by atoms with E-state index in [-0.39, 0.29) is 18.0 Å². The lowest BCUT2D eigenvalue weighted by atomic mass is 10.1. The quantitative estimate of drug-likeness (QED) is 0.368. The van der Waals surface area contributed by atoms with Crippen LogP contribution in [0, 0.1) is 10.1 Å². The lowest BCUT2D eigenvalue weighted by Gasteiger charge is -2.04. The van der Waals surface area contributed by atoms with E-state index in [1.54, 1.807) is 27.7 Å². The summed E-state index contributed by atoms with van der Waals surface area (Å²) in [5, 5.41) is 22.6. The summed E-state index contributed by atoms with van der Waals surface area (Å²) in [6.07, 6.45) is 5.49. The van der Waals surface area contributed by atoms with Crippen molar-refractivity contribution in [2.75, 3.05) is 0 Å². The number of benzene rings is 2. The van der Waals surface area contributed by atoms with Crippen LogP contribution in [0.4, 0.5) is 5.69 Å². The first-order chi connectivity index (χ1) is 15.0. The molecule has 0 aliphatic carbocycles. The van der Waals surface area contributed by atoms with Crippen LogP contribution in [0.15, 0.2) is 73.2 Å². The lowest BCUT2D eigenvalue weighted by molar-refractivity contribution is -0.384. The number of nitro groups is 1. The van der Waals surface area contributed by atoms with Gasteiger partial charge in [0.1, 0.15) is 0 Å². The number of nitro benzene ring substituents is 1. The number of hydrogen-bond acceptors (Lipinski definition) is 5. The largest absolute Gasteiger partial charge is 0.352 e. The molecule has 0 fully saturated rings. The van der Waals surface area contributed by atoms with Crippen molar-refractivity contribution < 1.29 is 9.72 Å². The third kappa shape index (κ3) is 4.67. The molecule has 4 aromatic rings. The Hall–Kier alpha value is -4.27. The van der Waals surface area contributed by atoms with Crippen LogP contribution in [0.2, 0.25) is 0 Å². The fourth-order valence-electron chi connectivity index (χ4n) is 3.24. The Morgan fingerprint density at radius 3 is 2.48 bits per heavy atom. The molecular formula is C22H20N6O3. The van der Waals surface area contributed by atoms with Gasteiger partial charge in [-0.05, 0) is 24.3 Å². The van der Waals surface area contributed by atoms with E-state index in [0.717, 1.165) is 16.8 Å². The summed E-state index contributed by atoms with van der Waals surface area (Å²) in [5.74, 6) is -0.153. The van der Waals surface area contributed by atoms with Crippen molar-refractivity contribution >= 4 is 11.6 Å². The van der Waals surface area contributed by atoms with Gasteiger partial charge in [0.15, 0.2) is 0 Å². The van der Waals surface area contributed by atoms with Crippen LogP contribution in [-0.4, -0.2) is 30.4 Å². The molecule has 2 aromatic heterocycles. The minimum absolute atomic E-state index is 0.00186. The summed E-state index contributed by atoms with van der Waals surface area (Å²) in [6, 6.07) is 15.7. The summed E-state index contributed by atoms with van der Waals surface area (Å²) in [4.78, 5) is 23.1. The molecule has 0 unspecified atom stereocenters. The highest BCUT2D eigenvalue weighted by Crippen LogP contribution is 2.26. The van der Waals surface area contributed by atoms with Crippen molar-refractivity contribution in [2.45, 2.75) is 13.0 Å². The van der Waals surface area contributed by atoms with Crippen molar-refractivity contribution in [3.8, 4) is 16.9 Å². The van der Waals surface area contributed by atoms with Crippen LogP contribution in [0.1, 0.15) is 11.1 Å². The fraction of sp³-hybridized carbons (Fsp3) is 0.136. The van der Waals surface area contributed by atoms with E-state index in [1.165, 1.54) is 12.1 Å². The topological polar surface area (TPSA) is 108 Å². The number of aromatic nitrogens is 4. The molecule has 0 saturated carbocycles. The van der Waals surface area contributed by atoms with Gasteiger partial charge >= 0.3 is 0 Å². The normalized spacial score (nSPS) is 10.7. The smallest absolute Gasteiger partial charge is 0.269 e. The van der Waals surface area contributed by atoms with E-state index >= 15 is 0 Å². The average Bonchev–Trinajstić information content (AvgIpc) is 3.39. The minimum Gasteiger partial charge on any atom is -0.352 e. The van der Waals surface area contributed by atoms with Crippen LogP contribution in [-0.2, 0) is 24.8 Å². The zero-order valence-corrected chi connectivity index (χ0v) is 16.8. The number of hydrogen-bond donors (Lipinski definition) is 1.